The van der Waals surface area contributed by atoms with Crippen LogP contribution in [0, 0.1) is 11.8 Å². The van der Waals surface area contributed by atoms with E-state index < -0.39 is 12.0 Å². The van der Waals surface area contributed by atoms with Crippen LogP contribution >= 0.6 is 0 Å². The van der Waals surface area contributed by atoms with Gasteiger partial charge in [-0.25, -0.2) is 4.98 Å². The number of carbonyl (C=O) groups is 1. The van der Waals surface area contributed by atoms with Crippen molar-refractivity contribution in [3.05, 3.63) is 53.0 Å². The average molecular weight is 477 g/mol. The Morgan fingerprint density at radius 2 is 2.09 bits per heavy atom. The zero-order valence-electron chi connectivity index (χ0n) is 21.1. The molecule has 0 spiro atoms. The summed E-state index contributed by atoms with van der Waals surface area (Å²) in [5, 5.41) is 13.6. The summed E-state index contributed by atoms with van der Waals surface area (Å²) in [6.45, 7) is 5.12. The highest BCUT2D eigenvalue weighted by Crippen LogP contribution is 2.41. The van der Waals surface area contributed by atoms with E-state index in [9.17, 15) is 9.90 Å². The quantitative estimate of drug-likeness (QED) is 0.435. The first-order valence-electron chi connectivity index (χ1n) is 13.7. The van der Waals surface area contributed by atoms with Crippen LogP contribution in [0.5, 0.6) is 0 Å². The molecule has 2 unspecified atom stereocenters. The minimum absolute atomic E-state index is 0.436. The fraction of sp³-hybridized carbons (Fsp3) is 0.621. The number of anilines is 1. The van der Waals surface area contributed by atoms with Gasteiger partial charge < -0.3 is 10.4 Å². The summed E-state index contributed by atoms with van der Waals surface area (Å²) >= 11 is 0. The molecular formula is C29H40N4O2. The number of carboxylic acid groups (broad SMARTS) is 1. The third kappa shape index (κ3) is 5.53. The first kappa shape index (κ1) is 24.2. The highest BCUT2D eigenvalue weighted by Gasteiger charge is 2.38. The lowest BCUT2D eigenvalue weighted by Gasteiger charge is -2.31. The molecule has 3 atom stereocenters. The minimum atomic E-state index is -0.737. The Morgan fingerprint density at radius 1 is 1.20 bits per heavy atom. The van der Waals surface area contributed by atoms with Crippen LogP contribution in [0.4, 0.5) is 5.82 Å². The fourth-order valence-corrected chi connectivity index (χ4v) is 6.20. The van der Waals surface area contributed by atoms with Gasteiger partial charge in [0.15, 0.2) is 0 Å². The van der Waals surface area contributed by atoms with Gasteiger partial charge in [-0.15, -0.1) is 0 Å². The number of hydrogen-bond donors (Lipinski definition) is 2. The molecule has 3 aliphatic rings. The number of nitrogens with zero attached hydrogens (tertiary/aromatic N) is 3. The molecule has 4 heterocycles. The second-order valence-corrected chi connectivity index (χ2v) is 11.0. The zero-order valence-corrected chi connectivity index (χ0v) is 21.1. The van der Waals surface area contributed by atoms with Gasteiger partial charge >= 0.3 is 5.97 Å². The lowest BCUT2D eigenvalue weighted by atomic mass is 9.80. The first-order valence-corrected chi connectivity index (χ1v) is 13.7. The third-order valence-corrected chi connectivity index (χ3v) is 8.61. The van der Waals surface area contributed by atoms with Gasteiger partial charge in [0.25, 0.3) is 0 Å². The van der Waals surface area contributed by atoms with Gasteiger partial charge in [-0.1, -0.05) is 38.3 Å². The number of hydrogen-bond acceptors (Lipinski definition) is 5. The standard InChI is InChI=1S/C29H40N4O2/c1-20(7-2-3-11-24-14-13-22-10-5-17-31-28(22)32-24)23-15-18-33(19-23)27(29(34)35)25-12-6-16-30-26(25)21-8-4-9-21/h6,12-14,16,20-21,23,27H,2-5,7-11,15,17-19H2,1H3,(H,31,32)(H,34,35)/t20?,23-,27?/m1/s1. The topological polar surface area (TPSA) is 78.4 Å². The fourth-order valence-electron chi connectivity index (χ4n) is 6.20. The van der Waals surface area contributed by atoms with Gasteiger partial charge in [-0.2, -0.15) is 0 Å². The van der Waals surface area contributed by atoms with Crippen molar-refractivity contribution in [2.75, 3.05) is 25.0 Å². The molecule has 6 nitrogen and oxygen atoms in total. The van der Waals surface area contributed by atoms with Crippen molar-refractivity contribution >= 4 is 11.8 Å². The molecule has 1 aliphatic carbocycles. The van der Waals surface area contributed by atoms with E-state index in [1.54, 1.807) is 0 Å². The number of aliphatic carboxylic acids is 1. The molecule has 1 saturated carbocycles. The van der Waals surface area contributed by atoms with Gasteiger partial charge in [-0.3, -0.25) is 14.7 Å². The van der Waals surface area contributed by atoms with Gasteiger partial charge in [0.1, 0.15) is 11.9 Å². The van der Waals surface area contributed by atoms with Crippen molar-refractivity contribution in [1.82, 2.24) is 14.9 Å². The summed E-state index contributed by atoms with van der Waals surface area (Å²) in [5.41, 5.74) is 4.49. The van der Waals surface area contributed by atoms with Crippen LogP contribution in [0.25, 0.3) is 0 Å². The molecule has 2 N–H and O–H groups in total. The number of fused-ring (bicyclic) bond motifs is 1. The Labute approximate surface area is 209 Å². The number of rotatable bonds is 10. The third-order valence-electron chi connectivity index (χ3n) is 8.61. The molecule has 188 valence electrons. The molecule has 2 aromatic heterocycles. The number of carboxylic acids is 1. The Kier molecular flexibility index (Phi) is 7.66. The lowest BCUT2D eigenvalue weighted by molar-refractivity contribution is -0.143. The van der Waals surface area contributed by atoms with Crippen molar-refractivity contribution < 1.29 is 9.90 Å². The molecule has 0 bridgehead atoms. The SMILES string of the molecule is CC(CCCCc1ccc2c(n1)NCCC2)[C@@H]1CCN(C(C(=O)O)c2cccnc2C2CCC2)C1. The predicted octanol–water partition coefficient (Wildman–Crippen LogP) is 5.60. The highest BCUT2D eigenvalue weighted by atomic mass is 16.4. The highest BCUT2D eigenvalue weighted by molar-refractivity contribution is 5.76. The monoisotopic (exact) mass is 476 g/mol. The van der Waals surface area contributed by atoms with E-state index in [0.717, 1.165) is 75.2 Å². The number of unbranched alkanes of at least 4 members (excludes halogenated alkanes) is 1. The van der Waals surface area contributed by atoms with Crippen LogP contribution in [0.1, 0.15) is 92.8 Å². The number of nitrogens with one attached hydrogen (secondary N) is 1. The van der Waals surface area contributed by atoms with E-state index in [1.807, 2.05) is 18.3 Å². The van der Waals surface area contributed by atoms with E-state index in [0.29, 0.717) is 17.8 Å². The van der Waals surface area contributed by atoms with Crippen LogP contribution < -0.4 is 5.32 Å². The number of aryl methyl sites for hydroxylation is 2. The van der Waals surface area contributed by atoms with E-state index in [1.165, 1.54) is 36.9 Å². The Hall–Kier alpha value is -2.47. The number of pyridine rings is 2. The molecule has 35 heavy (non-hydrogen) atoms. The number of likely N-dealkylation sites (tertiary alicyclic amines) is 1. The van der Waals surface area contributed by atoms with Gasteiger partial charge in [0.2, 0.25) is 0 Å². The Balaban J connectivity index is 1.13. The normalized spacial score (nSPS) is 22.1. The zero-order chi connectivity index (χ0) is 24.2. The molecule has 1 saturated heterocycles. The minimum Gasteiger partial charge on any atom is -0.480 e. The van der Waals surface area contributed by atoms with Crippen LogP contribution in [0.15, 0.2) is 30.5 Å². The Bertz CT molecular complexity index is 1020. The maximum atomic E-state index is 12.4. The maximum Gasteiger partial charge on any atom is 0.325 e. The van der Waals surface area contributed by atoms with Crippen molar-refractivity contribution in [2.24, 2.45) is 11.8 Å². The molecule has 0 aromatic carbocycles. The second-order valence-electron chi connectivity index (χ2n) is 11.0. The van der Waals surface area contributed by atoms with Crippen LogP contribution in [-0.2, 0) is 17.6 Å². The largest absolute Gasteiger partial charge is 0.480 e. The van der Waals surface area contributed by atoms with Gasteiger partial charge in [0.05, 0.1) is 0 Å². The van der Waals surface area contributed by atoms with Crippen LogP contribution in [-0.4, -0.2) is 45.6 Å². The van der Waals surface area contributed by atoms with E-state index in [4.69, 9.17) is 4.98 Å². The van der Waals surface area contributed by atoms with Crippen molar-refractivity contribution in [3.63, 3.8) is 0 Å². The van der Waals surface area contributed by atoms with E-state index in [-0.39, 0.29) is 0 Å². The van der Waals surface area contributed by atoms with Crippen molar-refractivity contribution in [2.45, 2.75) is 83.1 Å². The summed E-state index contributed by atoms with van der Waals surface area (Å²) in [6, 6.07) is 7.78. The van der Waals surface area contributed by atoms with E-state index >= 15 is 0 Å². The van der Waals surface area contributed by atoms with Gasteiger partial charge in [-0.05, 0) is 81.0 Å². The lowest BCUT2D eigenvalue weighted by Crippen LogP contribution is -2.34. The smallest absolute Gasteiger partial charge is 0.325 e. The average Bonchev–Trinajstić information content (AvgIpc) is 3.31. The van der Waals surface area contributed by atoms with Crippen molar-refractivity contribution in [3.8, 4) is 0 Å². The second kappa shape index (κ2) is 11.1. The molecular weight excluding hydrogens is 436 g/mol. The summed E-state index contributed by atoms with van der Waals surface area (Å²) in [4.78, 5) is 24.1. The molecule has 2 fully saturated rings. The summed E-state index contributed by atoms with van der Waals surface area (Å²) in [7, 11) is 0. The molecule has 5 rings (SSSR count). The molecule has 2 aliphatic heterocycles. The Morgan fingerprint density at radius 3 is 2.89 bits per heavy atom. The molecule has 6 heteroatoms. The van der Waals surface area contributed by atoms with Crippen LogP contribution in [0.3, 0.4) is 0 Å². The van der Waals surface area contributed by atoms with E-state index in [2.05, 4.69) is 34.3 Å². The summed E-state index contributed by atoms with van der Waals surface area (Å²) in [5.74, 6) is 1.96. The maximum absolute atomic E-state index is 12.4. The molecule has 0 radical (unpaired) electrons. The summed E-state index contributed by atoms with van der Waals surface area (Å²) in [6.07, 6.45) is 13.3. The van der Waals surface area contributed by atoms with Crippen LogP contribution in [0.2, 0.25) is 0 Å². The molecule has 0 amide bonds. The summed E-state index contributed by atoms with van der Waals surface area (Å²) < 4.78 is 0. The number of aromatic nitrogens is 2. The molecule has 2 aromatic rings. The van der Waals surface area contributed by atoms with Crippen molar-refractivity contribution in [1.29, 1.82) is 0 Å². The first-order chi connectivity index (χ1) is 17.1. The predicted molar refractivity (Wildman–Crippen MR) is 139 cm³/mol. The van der Waals surface area contributed by atoms with Gasteiger partial charge in [0, 0.05) is 42.2 Å².